The van der Waals surface area contributed by atoms with E-state index in [1.54, 1.807) is 0 Å². The summed E-state index contributed by atoms with van der Waals surface area (Å²) < 4.78 is 0. The van der Waals surface area contributed by atoms with Crippen molar-refractivity contribution in [1.29, 1.82) is 0 Å². The molecule has 7 nitrogen and oxygen atoms in total. The van der Waals surface area contributed by atoms with Crippen LogP contribution in [0.4, 0.5) is 10.8 Å². The number of pyridine rings is 1. The zero-order chi connectivity index (χ0) is 20.1. The van der Waals surface area contributed by atoms with Crippen LogP contribution in [0.5, 0.6) is 0 Å². The molecule has 0 saturated carbocycles. The largest absolute Gasteiger partial charge is 0.360 e. The fourth-order valence-corrected chi connectivity index (χ4v) is 4.75. The molecule has 0 radical (unpaired) electrons. The van der Waals surface area contributed by atoms with Gasteiger partial charge in [0.25, 0.3) is 0 Å². The third-order valence-corrected chi connectivity index (χ3v) is 6.65. The summed E-state index contributed by atoms with van der Waals surface area (Å²) in [6, 6.07) is 8.53. The van der Waals surface area contributed by atoms with E-state index in [9.17, 15) is 0 Å². The summed E-state index contributed by atoms with van der Waals surface area (Å²) in [4.78, 5) is 18.8. The van der Waals surface area contributed by atoms with Gasteiger partial charge < -0.3 is 24.9 Å². The second-order valence-electron chi connectivity index (χ2n) is 7.60. The SMILES string of the molecule is CN=C(NCc1cccnc1N1CCN(C)CC1)N1CCN(c2cccs2)CC1.I. The van der Waals surface area contributed by atoms with Crippen molar-refractivity contribution in [2.75, 3.05) is 76.3 Å². The molecule has 0 bridgehead atoms. The molecule has 164 valence electrons. The third kappa shape index (κ3) is 5.55. The van der Waals surface area contributed by atoms with Crippen LogP contribution in [0.3, 0.4) is 0 Å². The van der Waals surface area contributed by atoms with Crippen LogP contribution in [0, 0.1) is 0 Å². The van der Waals surface area contributed by atoms with Crippen LogP contribution < -0.4 is 15.1 Å². The van der Waals surface area contributed by atoms with E-state index in [1.165, 1.54) is 10.6 Å². The van der Waals surface area contributed by atoms with Crippen LogP contribution >= 0.6 is 35.3 Å². The van der Waals surface area contributed by atoms with Crippen LogP contribution in [0.1, 0.15) is 5.56 Å². The molecule has 2 aliphatic rings. The molecule has 0 aliphatic carbocycles. The van der Waals surface area contributed by atoms with E-state index in [4.69, 9.17) is 4.98 Å². The van der Waals surface area contributed by atoms with Gasteiger partial charge in [-0.3, -0.25) is 4.99 Å². The van der Waals surface area contributed by atoms with Crippen molar-refractivity contribution in [3.05, 3.63) is 41.4 Å². The van der Waals surface area contributed by atoms with Crippen molar-refractivity contribution in [2.45, 2.75) is 6.54 Å². The first-order valence-electron chi connectivity index (χ1n) is 10.4. The van der Waals surface area contributed by atoms with Gasteiger partial charge in [-0.2, -0.15) is 0 Å². The van der Waals surface area contributed by atoms with Crippen LogP contribution in [-0.4, -0.2) is 87.2 Å². The smallest absolute Gasteiger partial charge is 0.194 e. The van der Waals surface area contributed by atoms with Gasteiger partial charge in [0, 0.05) is 77.7 Å². The van der Waals surface area contributed by atoms with Gasteiger partial charge in [-0.05, 0) is 30.6 Å². The molecular weight excluding hydrogens is 509 g/mol. The predicted molar refractivity (Wildman–Crippen MR) is 138 cm³/mol. The topological polar surface area (TPSA) is 50.2 Å². The maximum absolute atomic E-state index is 4.69. The summed E-state index contributed by atoms with van der Waals surface area (Å²) in [6.45, 7) is 8.99. The highest BCUT2D eigenvalue weighted by Gasteiger charge is 2.21. The minimum atomic E-state index is 0. The summed E-state index contributed by atoms with van der Waals surface area (Å²) in [7, 11) is 4.05. The van der Waals surface area contributed by atoms with Gasteiger partial charge >= 0.3 is 0 Å². The fraction of sp³-hybridized carbons (Fsp3) is 0.524. The van der Waals surface area contributed by atoms with Gasteiger partial charge in [-0.1, -0.05) is 6.07 Å². The number of thiophene rings is 1. The number of hydrogen-bond acceptors (Lipinski definition) is 6. The van der Waals surface area contributed by atoms with Crippen molar-refractivity contribution >= 4 is 52.1 Å². The number of piperazine rings is 2. The molecule has 1 N–H and O–H groups in total. The first-order valence-corrected chi connectivity index (χ1v) is 11.2. The van der Waals surface area contributed by atoms with E-state index in [-0.39, 0.29) is 24.0 Å². The van der Waals surface area contributed by atoms with E-state index in [0.717, 1.165) is 70.7 Å². The van der Waals surface area contributed by atoms with E-state index in [0.29, 0.717) is 0 Å². The monoisotopic (exact) mass is 541 g/mol. The molecule has 0 unspecified atom stereocenters. The summed E-state index contributed by atoms with van der Waals surface area (Å²) in [5.74, 6) is 2.08. The zero-order valence-electron chi connectivity index (χ0n) is 17.8. The summed E-state index contributed by atoms with van der Waals surface area (Å²) >= 11 is 1.81. The molecule has 2 fully saturated rings. The number of nitrogens with zero attached hydrogens (tertiary/aromatic N) is 6. The molecule has 2 aliphatic heterocycles. The van der Waals surface area contributed by atoms with Gasteiger partial charge in [0.2, 0.25) is 0 Å². The highest BCUT2D eigenvalue weighted by molar-refractivity contribution is 14.0. The first-order chi connectivity index (χ1) is 14.2. The zero-order valence-corrected chi connectivity index (χ0v) is 21.0. The molecule has 30 heavy (non-hydrogen) atoms. The molecule has 0 aromatic carbocycles. The first kappa shape index (κ1) is 23.1. The van der Waals surface area contributed by atoms with Crippen molar-refractivity contribution in [3.8, 4) is 0 Å². The normalized spacial score (nSPS) is 18.3. The maximum atomic E-state index is 4.69. The molecular formula is C21H32IN7S. The summed E-state index contributed by atoms with van der Waals surface area (Å²) in [5, 5.41) is 7.08. The second-order valence-corrected chi connectivity index (χ2v) is 8.53. The van der Waals surface area contributed by atoms with Gasteiger partial charge in [-0.25, -0.2) is 4.98 Å². The van der Waals surface area contributed by atoms with Crippen LogP contribution in [0.2, 0.25) is 0 Å². The molecule has 2 aromatic rings. The van der Waals surface area contributed by atoms with E-state index in [1.807, 2.05) is 30.6 Å². The molecule has 0 atom stereocenters. The van der Waals surface area contributed by atoms with Gasteiger partial charge in [0.15, 0.2) is 5.96 Å². The number of likely N-dealkylation sites (N-methyl/N-ethyl adjacent to an activating group) is 1. The number of nitrogens with one attached hydrogen (secondary N) is 1. The lowest BCUT2D eigenvalue weighted by Crippen LogP contribution is -2.52. The Balaban J connectivity index is 0.00000256. The Hall–Kier alpha value is -1.59. The second kappa shape index (κ2) is 11.1. The van der Waals surface area contributed by atoms with Crippen molar-refractivity contribution in [2.24, 2.45) is 4.99 Å². The Kier molecular flexibility index (Phi) is 8.58. The molecule has 2 aromatic heterocycles. The molecule has 4 rings (SSSR count). The van der Waals surface area contributed by atoms with E-state index in [2.05, 4.69) is 60.5 Å². The Morgan fingerprint density at radius 3 is 2.43 bits per heavy atom. The van der Waals surface area contributed by atoms with E-state index >= 15 is 0 Å². The number of halogens is 1. The molecule has 0 amide bonds. The van der Waals surface area contributed by atoms with Crippen molar-refractivity contribution in [3.63, 3.8) is 0 Å². The number of hydrogen-bond donors (Lipinski definition) is 1. The number of guanidine groups is 1. The maximum Gasteiger partial charge on any atom is 0.194 e. The quantitative estimate of drug-likeness (QED) is 0.365. The molecule has 9 heteroatoms. The number of anilines is 2. The van der Waals surface area contributed by atoms with Crippen molar-refractivity contribution in [1.82, 2.24) is 20.1 Å². The van der Waals surface area contributed by atoms with Crippen molar-refractivity contribution < 1.29 is 0 Å². The Morgan fingerprint density at radius 2 is 1.77 bits per heavy atom. The van der Waals surface area contributed by atoms with E-state index < -0.39 is 0 Å². The average molecular weight is 542 g/mol. The number of rotatable bonds is 4. The van der Waals surface area contributed by atoms with Crippen LogP contribution in [-0.2, 0) is 6.54 Å². The number of aromatic nitrogens is 1. The number of aliphatic imine (C=N–C) groups is 1. The standard InChI is InChI=1S/C21H31N7S.HI/c1-22-21(28-14-12-26(13-15-28)19-6-4-16-29-19)24-17-18-5-3-7-23-20(18)27-10-8-25(2)9-11-27;/h3-7,16H,8-15,17H2,1-2H3,(H,22,24);1H. The highest BCUT2D eigenvalue weighted by Crippen LogP contribution is 2.22. The van der Waals surface area contributed by atoms with Gasteiger partial charge in [0.1, 0.15) is 5.82 Å². The lowest BCUT2D eigenvalue weighted by Gasteiger charge is -2.37. The molecule has 2 saturated heterocycles. The fourth-order valence-electron chi connectivity index (χ4n) is 3.97. The van der Waals surface area contributed by atoms with Crippen LogP contribution in [0.25, 0.3) is 0 Å². The van der Waals surface area contributed by atoms with Gasteiger partial charge in [-0.15, -0.1) is 35.3 Å². The summed E-state index contributed by atoms with van der Waals surface area (Å²) in [6.07, 6.45) is 1.90. The minimum absolute atomic E-state index is 0. The Bertz CT molecular complexity index is 797. The lowest BCUT2D eigenvalue weighted by atomic mass is 10.2. The molecule has 0 spiro atoms. The highest BCUT2D eigenvalue weighted by atomic mass is 127. The molecule has 4 heterocycles. The van der Waals surface area contributed by atoms with Gasteiger partial charge in [0.05, 0.1) is 5.00 Å². The lowest BCUT2D eigenvalue weighted by molar-refractivity contribution is 0.311. The summed E-state index contributed by atoms with van der Waals surface area (Å²) in [5.41, 5.74) is 1.23. The Morgan fingerprint density at radius 1 is 1.03 bits per heavy atom. The minimum Gasteiger partial charge on any atom is -0.360 e. The predicted octanol–water partition coefficient (Wildman–Crippen LogP) is 2.41. The van der Waals surface area contributed by atoms with Crippen LogP contribution in [0.15, 0.2) is 40.8 Å². The Labute approximate surface area is 200 Å². The third-order valence-electron chi connectivity index (χ3n) is 5.72. The average Bonchev–Trinajstić information content (AvgIpc) is 3.31.